The topological polar surface area (TPSA) is 88.8 Å². The molecule has 158 valence electrons. The number of hydrogen-bond donors (Lipinski definition) is 1. The van der Waals surface area contributed by atoms with Crippen LogP contribution in [-0.2, 0) is 24.1 Å². The second kappa shape index (κ2) is 8.56. The number of rotatable bonds is 6. The number of carbonyl (C=O) groups excluding carboxylic acids is 1. The average molecular weight is 429 g/mol. The van der Waals surface area contributed by atoms with E-state index in [4.69, 9.17) is 0 Å². The fraction of sp³-hybridized carbons (Fsp3) is 0.588. The van der Waals surface area contributed by atoms with Gasteiger partial charge in [0.1, 0.15) is 6.04 Å². The van der Waals surface area contributed by atoms with Crippen LogP contribution in [0, 0.1) is 13.8 Å². The predicted octanol–water partition coefficient (Wildman–Crippen LogP) is 2.28. The van der Waals surface area contributed by atoms with E-state index in [0.717, 1.165) is 21.7 Å². The Kier molecular flexibility index (Phi) is 6.30. The van der Waals surface area contributed by atoms with E-state index in [9.17, 15) is 18.0 Å². The lowest BCUT2D eigenvalue weighted by atomic mass is 10.1. The minimum atomic E-state index is -4.57. The van der Waals surface area contributed by atoms with Gasteiger partial charge in [-0.2, -0.15) is 24.9 Å². The van der Waals surface area contributed by atoms with Gasteiger partial charge in [0, 0.05) is 24.5 Å². The van der Waals surface area contributed by atoms with Crippen molar-refractivity contribution in [1.29, 1.82) is 0 Å². The molecular weight excluding hydrogens is 407 g/mol. The van der Waals surface area contributed by atoms with Gasteiger partial charge >= 0.3 is 6.18 Å². The molecule has 0 saturated carbocycles. The van der Waals surface area contributed by atoms with Gasteiger partial charge in [0.15, 0.2) is 5.82 Å². The monoisotopic (exact) mass is 429 g/mol. The summed E-state index contributed by atoms with van der Waals surface area (Å²) < 4.78 is 40.1. The maximum absolute atomic E-state index is 13.1. The summed E-state index contributed by atoms with van der Waals surface area (Å²) in [4.78, 5) is 23.3. The molecule has 0 aliphatic carbocycles. The molecule has 0 fully saturated rings. The van der Waals surface area contributed by atoms with Gasteiger partial charge in [-0.1, -0.05) is 0 Å². The lowest BCUT2D eigenvalue weighted by Gasteiger charge is -2.31. The van der Waals surface area contributed by atoms with Crippen molar-refractivity contribution in [2.75, 3.05) is 23.9 Å². The molecule has 0 spiro atoms. The van der Waals surface area contributed by atoms with E-state index in [1.165, 1.54) is 4.90 Å². The summed E-state index contributed by atoms with van der Waals surface area (Å²) in [5.41, 5.74) is 1.56. The molecule has 29 heavy (non-hydrogen) atoms. The Bertz CT molecular complexity index is 866. The second-order valence-corrected chi connectivity index (χ2v) is 7.79. The summed E-state index contributed by atoms with van der Waals surface area (Å²) in [5, 5.41) is 9.99. The Morgan fingerprint density at radius 1 is 1.24 bits per heavy atom. The lowest BCUT2D eigenvalue weighted by molar-refractivity contribution is -0.148. The standard InChI is InChI=1S/C17H22F3N7OS/c1-10-8-11(2)22-16(21-10)23-12(4-7-29-3)14(28)26-5-6-27-13(9-26)24-25-15(27)17(18,19)20/h8,12H,4-7,9H2,1-3H3,(H,21,22,23)/t12-/m1/s1. The van der Waals surface area contributed by atoms with Crippen LogP contribution in [-0.4, -0.2) is 60.1 Å². The van der Waals surface area contributed by atoms with Crippen molar-refractivity contribution in [3.05, 3.63) is 29.1 Å². The molecule has 1 N–H and O–H groups in total. The number of fused-ring (bicyclic) bond motifs is 1. The van der Waals surface area contributed by atoms with Crippen molar-refractivity contribution < 1.29 is 18.0 Å². The maximum atomic E-state index is 13.1. The quantitative estimate of drug-likeness (QED) is 0.754. The van der Waals surface area contributed by atoms with Crippen LogP contribution in [0.4, 0.5) is 19.1 Å². The number of halogens is 3. The van der Waals surface area contributed by atoms with Gasteiger partial charge in [0.25, 0.3) is 0 Å². The van der Waals surface area contributed by atoms with E-state index in [-0.39, 0.29) is 31.4 Å². The summed E-state index contributed by atoms with van der Waals surface area (Å²) in [7, 11) is 0. The highest BCUT2D eigenvalue weighted by atomic mass is 32.2. The Morgan fingerprint density at radius 2 is 1.93 bits per heavy atom. The van der Waals surface area contributed by atoms with Crippen LogP contribution in [0.15, 0.2) is 6.07 Å². The minimum absolute atomic E-state index is 0.00177. The van der Waals surface area contributed by atoms with Gasteiger partial charge in [-0.15, -0.1) is 10.2 Å². The van der Waals surface area contributed by atoms with Crippen molar-refractivity contribution >= 4 is 23.6 Å². The fourth-order valence-corrected chi connectivity index (χ4v) is 3.69. The number of carbonyl (C=O) groups is 1. The van der Waals surface area contributed by atoms with E-state index >= 15 is 0 Å². The van der Waals surface area contributed by atoms with Crippen molar-refractivity contribution in [2.45, 2.75) is 45.6 Å². The highest BCUT2D eigenvalue weighted by molar-refractivity contribution is 7.98. The zero-order valence-corrected chi connectivity index (χ0v) is 17.1. The molecule has 0 saturated heterocycles. The largest absolute Gasteiger partial charge is 0.451 e. The summed E-state index contributed by atoms with van der Waals surface area (Å²) in [6, 6.07) is 1.25. The number of nitrogens with zero attached hydrogens (tertiary/aromatic N) is 6. The zero-order valence-electron chi connectivity index (χ0n) is 16.3. The Balaban J connectivity index is 1.77. The van der Waals surface area contributed by atoms with E-state index in [0.29, 0.717) is 12.4 Å². The Labute approximate surface area is 170 Å². The van der Waals surface area contributed by atoms with Gasteiger partial charge in [-0.05, 0) is 38.3 Å². The molecule has 0 bridgehead atoms. The second-order valence-electron chi connectivity index (χ2n) is 6.80. The number of thioether (sulfide) groups is 1. The van der Waals surface area contributed by atoms with E-state index in [1.54, 1.807) is 11.8 Å². The van der Waals surface area contributed by atoms with Crippen molar-refractivity contribution in [3.63, 3.8) is 0 Å². The number of aromatic nitrogens is 5. The summed E-state index contributed by atoms with van der Waals surface area (Å²) in [5.74, 6) is -0.0224. The van der Waals surface area contributed by atoms with E-state index in [1.807, 2.05) is 26.2 Å². The number of nitrogens with one attached hydrogen (secondary N) is 1. The first kappa shape index (κ1) is 21.3. The summed E-state index contributed by atoms with van der Waals surface area (Å²) >= 11 is 1.60. The smallest absolute Gasteiger partial charge is 0.342 e. The number of aryl methyl sites for hydroxylation is 2. The van der Waals surface area contributed by atoms with E-state index in [2.05, 4.69) is 25.5 Å². The van der Waals surface area contributed by atoms with Crippen LogP contribution in [0.2, 0.25) is 0 Å². The van der Waals surface area contributed by atoms with Crippen LogP contribution in [0.25, 0.3) is 0 Å². The molecule has 2 aromatic heterocycles. The fourth-order valence-electron chi connectivity index (χ4n) is 3.22. The van der Waals surface area contributed by atoms with Gasteiger partial charge in [0.05, 0.1) is 6.54 Å². The van der Waals surface area contributed by atoms with Crippen LogP contribution in [0.3, 0.4) is 0 Å². The van der Waals surface area contributed by atoms with Gasteiger partial charge in [-0.25, -0.2) is 9.97 Å². The Morgan fingerprint density at radius 3 is 2.55 bits per heavy atom. The van der Waals surface area contributed by atoms with Gasteiger partial charge in [-0.3, -0.25) is 4.79 Å². The van der Waals surface area contributed by atoms with Gasteiger partial charge in [0.2, 0.25) is 17.7 Å². The SMILES string of the molecule is CSCC[C@@H](Nc1nc(C)cc(C)n1)C(=O)N1CCn2c(nnc2C(F)(F)F)C1. The molecule has 12 heteroatoms. The first-order chi connectivity index (χ1) is 13.7. The Hall–Kier alpha value is -2.37. The number of alkyl halides is 3. The first-order valence-electron chi connectivity index (χ1n) is 9.05. The van der Waals surface area contributed by atoms with Crippen LogP contribution in [0.1, 0.15) is 29.5 Å². The summed E-state index contributed by atoms with van der Waals surface area (Å²) in [6.07, 6.45) is -2.09. The number of anilines is 1. The van der Waals surface area contributed by atoms with Crippen molar-refractivity contribution in [2.24, 2.45) is 0 Å². The maximum Gasteiger partial charge on any atom is 0.451 e. The molecule has 3 rings (SSSR count). The molecule has 8 nitrogen and oxygen atoms in total. The minimum Gasteiger partial charge on any atom is -0.342 e. The number of amides is 1. The molecule has 2 aromatic rings. The van der Waals surface area contributed by atoms with Crippen molar-refractivity contribution in [1.82, 2.24) is 29.6 Å². The number of hydrogen-bond acceptors (Lipinski definition) is 7. The average Bonchev–Trinajstić information content (AvgIpc) is 3.07. The highest BCUT2D eigenvalue weighted by Crippen LogP contribution is 2.29. The lowest BCUT2D eigenvalue weighted by Crippen LogP contribution is -2.47. The zero-order chi connectivity index (χ0) is 21.2. The molecule has 1 aliphatic rings. The molecule has 1 aliphatic heterocycles. The normalized spacial score (nSPS) is 15.2. The van der Waals surface area contributed by atoms with Gasteiger partial charge < -0.3 is 14.8 Å². The van der Waals surface area contributed by atoms with Crippen LogP contribution >= 0.6 is 11.8 Å². The van der Waals surface area contributed by atoms with Crippen LogP contribution in [0.5, 0.6) is 0 Å². The first-order valence-corrected chi connectivity index (χ1v) is 10.4. The third-order valence-corrected chi connectivity index (χ3v) is 5.16. The molecule has 0 unspecified atom stereocenters. The molecule has 1 amide bonds. The molecular formula is C17H22F3N7OS. The summed E-state index contributed by atoms with van der Waals surface area (Å²) in [6.45, 7) is 3.81. The predicted molar refractivity (Wildman–Crippen MR) is 102 cm³/mol. The van der Waals surface area contributed by atoms with Crippen molar-refractivity contribution in [3.8, 4) is 0 Å². The third kappa shape index (κ3) is 4.98. The molecule has 1 atom stereocenters. The van der Waals surface area contributed by atoms with Crippen LogP contribution < -0.4 is 5.32 Å². The van der Waals surface area contributed by atoms with E-state index < -0.39 is 18.0 Å². The molecule has 0 aromatic carbocycles. The highest BCUT2D eigenvalue weighted by Gasteiger charge is 2.40. The molecule has 3 heterocycles. The third-order valence-electron chi connectivity index (χ3n) is 4.51. The molecule has 0 radical (unpaired) electrons.